The molecule has 1 heterocycles. The van der Waals surface area contributed by atoms with Gasteiger partial charge >= 0.3 is 5.97 Å². The quantitative estimate of drug-likeness (QED) is 0.747. The first kappa shape index (κ1) is 13.9. The number of carbonyl (C=O) groups excluding carboxylic acids is 1. The van der Waals surface area contributed by atoms with Crippen molar-refractivity contribution in [2.75, 3.05) is 11.9 Å². The molecule has 0 aromatic heterocycles. The van der Waals surface area contributed by atoms with E-state index in [-0.39, 0.29) is 24.3 Å². The fourth-order valence-electron chi connectivity index (χ4n) is 3.05. The zero-order chi connectivity index (χ0) is 14.8. The first-order valence-electron chi connectivity index (χ1n) is 7.47. The molecule has 0 saturated heterocycles. The number of anilines is 1. The molecule has 2 unspecified atom stereocenters. The lowest BCUT2D eigenvalue weighted by Gasteiger charge is -2.18. The van der Waals surface area contributed by atoms with Gasteiger partial charge in [0.25, 0.3) is 0 Å². The third-order valence-electron chi connectivity index (χ3n) is 4.30. The van der Waals surface area contributed by atoms with E-state index in [9.17, 15) is 9.59 Å². The average molecular weight is 288 g/mol. The van der Waals surface area contributed by atoms with Gasteiger partial charge in [0.2, 0.25) is 5.91 Å². The molecule has 112 valence electrons. The maximum Gasteiger partial charge on any atom is 0.305 e. The van der Waals surface area contributed by atoms with Gasteiger partial charge in [-0.05, 0) is 30.4 Å². The van der Waals surface area contributed by atoms with Gasteiger partial charge in [0, 0.05) is 30.6 Å². The van der Waals surface area contributed by atoms with E-state index in [1.807, 2.05) is 24.3 Å². The van der Waals surface area contributed by atoms with Crippen LogP contribution in [0.25, 0.3) is 0 Å². The van der Waals surface area contributed by atoms with Crippen molar-refractivity contribution in [3.63, 3.8) is 0 Å². The Kier molecular flexibility index (Phi) is 3.82. The molecule has 1 aromatic carbocycles. The molecule has 1 saturated carbocycles. The molecule has 1 amide bonds. The predicted octanol–water partition coefficient (Wildman–Crippen LogP) is 1.96. The summed E-state index contributed by atoms with van der Waals surface area (Å²) in [5, 5.41) is 15.1. The van der Waals surface area contributed by atoms with Crippen LogP contribution in [-0.2, 0) is 9.59 Å². The van der Waals surface area contributed by atoms with Gasteiger partial charge in [-0.1, -0.05) is 18.2 Å². The van der Waals surface area contributed by atoms with Crippen molar-refractivity contribution in [3.05, 3.63) is 29.8 Å². The summed E-state index contributed by atoms with van der Waals surface area (Å²) in [4.78, 5) is 23.1. The number of para-hydroxylation sites is 1. The zero-order valence-electron chi connectivity index (χ0n) is 11.8. The second kappa shape index (κ2) is 5.76. The number of rotatable bonds is 6. The lowest BCUT2D eigenvalue weighted by Crippen LogP contribution is -2.38. The summed E-state index contributed by atoms with van der Waals surface area (Å²) in [7, 11) is 0. The fourth-order valence-corrected chi connectivity index (χ4v) is 3.05. The summed E-state index contributed by atoms with van der Waals surface area (Å²) in [5.74, 6) is -0.373. The number of hydrogen-bond acceptors (Lipinski definition) is 3. The second-order valence-corrected chi connectivity index (χ2v) is 5.98. The summed E-state index contributed by atoms with van der Waals surface area (Å²) in [6, 6.07) is 7.81. The number of benzene rings is 1. The molecule has 0 radical (unpaired) electrons. The molecule has 1 fully saturated rings. The van der Waals surface area contributed by atoms with Crippen molar-refractivity contribution in [2.24, 2.45) is 5.92 Å². The third-order valence-corrected chi connectivity index (χ3v) is 4.30. The number of aliphatic carboxylic acids is 1. The largest absolute Gasteiger partial charge is 0.481 e. The van der Waals surface area contributed by atoms with Crippen LogP contribution in [0, 0.1) is 5.92 Å². The SMILES string of the molecule is O=C(O)CC(NC(=O)CC1CNc2ccccc21)C1CC1. The highest BCUT2D eigenvalue weighted by molar-refractivity contribution is 5.79. The number of carboxylic acids is 1. The Morgan fingerprint density at radius 1 is 1.33 bits per heavy atom. The smallest absolute Gasteiger partial charge is 0.305 e. The second-order valence-electron chi connectivity index (χ2n) is 5.98. The Morgan fingerprint density at radius 2 is 2.10 bits per heavy atom. The Morgan fingerprint density at radius 3 is 2.81 bits per heavy atom. The van der Waals surface area contributed by atoms with Gasteiger partial charge in [-0.15, -0.1) is 0 Å². The number of amides is 1. The number of fused-ring (bicyclic) bond motifs is 1. The van der Waals surface area contributed by atoms with Crippen LogP contribution in [0.1, 0.15) is 37.2 Å². The van der Waals surface area contributed by atoms with Gasteiger partial charge < -0.3 is 15.7 Å². The third kappa shape index (κ3) is 3.35. The Balaban J connectivity index is 1.58. The van der Waals surface area contributed by atoms with Crippen LogP contribution >= 0.6 is 0 Å². The summed E-state index contributed by atoms with van der Waals surface area (Å²) < 4.78 is 0. The van der Waals surface area contributed by atoms with Gasteiger partial charge in [0.1, 0.15) is 0 Å². The van der Waals surface area contributed by atoms with E-state index in [0.29, 0.717) is 12.3 Å². The Bertz CT molecular complexity index is 554. The highest BCUT2D eigenvalue weighted by Crippen LogP contribution is 2.35. The minimum absolute atomic E-state index is 0.0237. The van der Waals surface area contributed by atoms with Gasteiger partial charge in [0.15, 0.2) is 0 Å². The molecule has 2 aliphatic rings. The lowest BCUT2D eigenvalue weighted by atomic mass is 9.97. The standard InChI is InChI=1S/C16H20N2O3/c19-15(18-14(8-16(20)21)10-5-6-10)7-11-9-17-13-4-2-1-3-12(11)13/h1-4,10-11,14,17H,5-9H2,(H,18,19)(H,20,21). The van der Waals surface area contributed by atoms with Crippen LogP contribution in [0.4, 0.5) is 5.69 Å². The number of carboxylic acid groups (broad SMARTS) is 1. The summed E-state index contributed by atoms with van der Waals surface area (Å²) >= 11 is 0. The van der Waals surface area contributed by atoms with Crippen LogP contribution in [0.5, 0.6) is 0 Å². The van der Waals surface area contributed by atoms with Crippen LogP contribution in [0.15, 0.2) is 24.3 Å². The number of hydrogen-bond donors (Lipinski definition) is 3. The summed E-state index contributed by atoms with van der Waals surface area (Å²) in [5.41, 5.74) is 2.27. The molecule has 5 heteroatoms. The maximum absolute atomic E-state index is 12.2. The van der Waals surface area contributed by atoms with E-state index in [1.54, 1.807) is 0 Å². The Hall–Kier alpha value is -2.04. The van der Waals surface area contributed by atoms with Crippen molar-refractivity contribution in [1.29, 1.82) is 0 Å². The molecule has 0 spiro atoms. The topological polar surface area (TPSA) is 78.4 Å². The molecule has 0 bridgehead atoms. The van der Waals surface area contributed by atoms with Crippen molar-refractivity contribution >= 4 is 17.6 Å². The van der Waals surface area contributed by atoms with Crippen molar-refractivity contribution in [1.82, 2.24) is 5.32 Å². The highest BCUT2D eigenvalue weighted by Gasteiger charge is 2.34. The molecule has 1 aromatic rings. The van der Waals surface area contributed by atoms with Crippen molar-refractivity contribution in [2.45, 2.75) is 37.6 Å². The number of carbonyl (C=O) groups is 2. The molecule has 5 nitrogen and oxygen atoms in total. The van der Waals surface area contributed by atoms with E-state index < -0.39 is 5.97 Å². The van der Waals surface area contributed by atoms with Crippen LogP contribution in [0.2, 0.25) is 0 Å². The van der Waals surface area contributed by atoms with E-state index in [2.05, 4.69) is 10.6 Å². The van der Waals surface area contributed by atoms with Crippen LogP contribution in [0.3, 0.4) is 0 Å². The summed E-state index contributed by atoms with van der Waals surface area (Å²) in [6.45, 7) is 0.764. The van der Waals surface area contributed by atoms with Crippen LogP contribution < -0.4 is 10.6 Å². The molecular weight excluding hydrogens is 268 g/mol. The zero-order valence-corrected chi connectivity index (χ0v) is 11.8. The van der Waals surface area contributed by atoms with Gasteiger partial charge in [-0.2, -0.15) is 0 Å². The fraction of sp³-hybridized carbons (Fsp3) is 0.500. The van der Waals surface area contributed by atoms with Crippen molar-refractivity contribution in [3.8, 4) is 0 Å². The molecule has 1 aliphatic carbocycles. The van der Waals surface area contributed by atoms with E-state index in [0.717, 1.165) is 25.1 Å². The first-order valence-corrected chi connectivity index (χ1v) is 7.47. The molecular formula is C16H20N2O3. The minimum atomic E-state index is -0.847. The average Bonchev–Trinajstić information content (AvgIpc) is 3.21. The van der Waals surface area contributed by atoms with E-state index in [4.69, 9.17) is 5.11 Å². The van der Waals surface area contributed by atoms with Crippen LogP contribution in [-0.4, -0.2) is 29.6 Å². The molecule has 2 atom stereocenters. The minimum Gasteiger partial charge on any atom is -0.481 e. The van der Waals surface area contributed by atoms with Gasteiger partial charge in [-0.25, -0.2) is 0 Å². The van der Waals surface area contributed by atoms with E-state index >= 15 is 0 Å². The molecule has 3 N–H and O–H groups in total. The number of nitrogens with one attached hydrogen (secondary N) is 2. The van der Waals surface area contributed by atoms with Crippen molar-refractivity contribution < 1.29 is 14.7 Å². The Labute approximate surface area is 123 Å². The first-order chi connectivity index (χ1) is 10.1. The molecule has 21 heavy (non-hydrogen) atoms. The highest BCUT2D eigenvalue weighted by atomic mass is 16.4. The van der Waals surface area contributed by atoms with Gasteiger partial charge in [-0.3, -0.25) is 9.59 Å². The molecule has 3 rings (SSSR count). The molecule has 1 aliphatic heterocycles. The normalized spacial score (nSPS) is 21.2. The van der Waals surface area contributed by atoms with E-state index in [1.165, 1.54) is 5.56 Å². The predicted molar refractivity (Wildman–Crippen MR) is 79.2 cm³/mol. The monoisotopic (exact) mass is 288 g/mol. The summed E-state index contributed by atoms with van der Waals surface area (Å²) in [6.07, 6.45) is 2.47. The van der Waals surface area contributed by atoms with Gasteiger partial charge in [0.05, 0.1) is 6.42 Å². The lowest BCUT2D eigenvalue weighted by molar-refractivity contribution is -0.137. The maximum atomic E-state index is 12.2.